The highest BCUT2D eigenvalue weighted by Crippen LogP contribution is 2.22. The minimum absolute atomic E-state index is 0.170. The van der Waals surface area contributed by atoms with Crippen LogP contribution in [0.5, 0.6) is 5.75 Å². The fourth-order valence-electron chi connectivity index (χ4n) is 2.13. The zero-order chi connectivity index (χ0) is 17.7. The van der Waals surface area contributed by atoms with Gasteiger partial charge in [-0.15, -0.1) is 0 Å². The van der Waals surface area contributed by atoms with Gasteiger partial charge < -0.3 is 4.74 Å². The summed E-state index contributed by atoms with van der Waals surface area (Å²) in [5.41, 5.74) is 1.42. The number of rotatable bonds is 6. The third-order valence-corrected chi connectivity index (χ3v) is 5.09. The first-order valence-corrected chi connectivity index (χ1v) is 8.90. The van der Waals surface area contributed by atoms with Crippen molar-refractivity contribution < 1.29 is 17.9 Å². The number of carbonyl (C=O) groups excluding carboxylic acids is 1. The monoisotopic (exact) mass is 345 g/mol. The Morgan fingerprint density at radius 2 is 1.71 bits per heavy atom. The molecule has 5 nitrogen and oxygen atoms in total. The molecular weight excluding hydrogens is 326 g/mol. The minimum Gasteiger partial charge on any atom is -0.497 e. The van der Waals surface area contributed by atoms with Gasteiger partial charge in [0.05, 0.1) is 12.0 Å². The Bertz CT molecular complexity index is 824. The highest BCUT2D eigenvalue weighted by atomic mass is 32.2. The lowest BCUT2D eigenvalue weighted by molar-refractivity contribution is -0.114. The van der Waals surface area contributed by atoms with Crippen molar-refractivity contribution in [3.05, 3.63) is 66.7 Å². The lowest BCUT2D eigenvalue weighted by Gasteiger charge is -2.21. The predicted octanol–water partition coefficient (Wildman–Crippen LogP) is 2.95. The van der Waals surface area contributed by atoms with Gasteiger partial charge in [-0.05, 0) is 49.4 Å². The van der Waals surface area contributed by atoms with Crippen molar-refractivity contribution in [1.82, 2.24) is 0 Å². The number of carbonyl (C=O) groups is 1. The lowest BCUT2D eigenvalue weighted by Crippen LogP contribution is -2.34. The summed E-state index contributed by atoms with van der Waals surface area (Å²) < 4.78 is 30.3. The molecule has 0 heterocycles. The van der Waals surface area contributed by atoms with E-state index < -0.39 is 21.6 Å². The Hall–Kier alpha value is -2.60. The number of benzene rings is 2. The quantitative estimate of drug-likeness (QED) is 0.755. The molecule has 0 saturated carbocycles. The summed E-state index contributed by atoms with van der Waals surface area (Å²) in [4.78, 5) is 13.5. The van der Waals surface area contributed by atoms with Gasteiger partial charge in [-0.1, -0.05) is 24.3 Å². The number of hydrogen-bond acceptors (Lipinski definition) is 4. The molecule has 0 aliphatic heterocycles. The van der Waals surface area contributed by atoms with E-state index in [4.69, 9.17) is 4.74 Å². The summed E-state index contributed by atoms with van der Waals surface area (Å²) in [6.07, 6.45) is 1.09. The van der Waals surface area contributed by atoms with E-state index in [-0.39, 0.29) is 4.90 Å². The van der Waals surface area contributed by atoms with Crippen LogP contribution in [-0.2, 0) is 14.6 Å². The first kappa shape index (κ1) is 17.7. The van der Waals surface area contributed by atoms with E-state index in [1.807, 2.05) is 6.92 Å². The molecule has 0 saturated heterocycles. The molecule has 6 heteroatoms. The molecule has 2 aromatic rings. The molecule has 24 heavy (non-hydrogen) atoms. The van der Waals surface area contributed by atoms with Gasteiger partial charge in [0.2, 0.25) is 0 Å². The molecule has 0 aliphatic carbocycles. The van der Waals surface area contributed by atoms with Crippen LogP contribution in [0.4, 0.5) is 5.69 Å². The van der Waals surface area contributed by atoms with Gasteiger partial charge in [-0.3, -0.25) is 9.69 Å². The van der Waals surface area contributed by atoms with Gasteiger partial charge in [0.1, 0.15) is 11.6 Å². The van der Waals surface area contributed by atoms with Crippen LogP contribution >= 0.6 is 0 Å². The topological polar surface area (TPSA) is 63.7 Å². The molecule has 0 N–H and O–H groups in total. The van der Waals surface area contributed by atoms with E-state index in [2.05, 4.69) is 6.58 Å². The minimum atomic E-state index is -3.67. The van der Waals surface area contributed by atoms with E-state index in [0.29, 0.717) is 11.4 Å². The van der Waals surface area contributed by atoms with E-state index in [9.17, 15) is 13.2 Å². The highest BCUT2D eigenvalue weighted by molar-refractivity contribution is 7.91. The first-order chi connectivity index (χ1) is 11.4. The molecule has 0 atom stereocenters. The summed E-state index contributed by atoms with van der Waals surface area (Å²) in [6.45, 7) is 5.32. The molecule has 0 radical (unpaired) electrons. The molecule has 2 aromatic carbocycles. The maximum absolute atomic E-state index is 12.6. The van der Waals surface area contributed by atoms with Crippen molar-refractivity contribution >= 4 is 21.4 Å². The number of amides is 1. The van der Waals surface area contributed by atoms with Crippen molar-refractivity contribution in [1.29, 1.82) is 0 Å². The standard InChI is InChI=1S/C18H19NO4S/c1-4-18(20)19(15-7-9-16(23-3)10-8-15)13-24(21,22)17-11-5-14(2)6-12-17/h4-12H,1,13H2,2-3H3. The predicted molar refractivity (Wildman–Crippen MR) is 93.9 cm³/mol. The number of ether oxygens (including phenoxy) is 1. The van der Waals surface area contributed by atoms with Crippen LogP contribution in [0, 0.1) is 6.92 Å². The number of sulfone groups is 1. The number of anilines is 1. The summed E-state index contributed by atoms with van der Waals surface area (Å²) in [6, 6.07) is 13.1. The Morgan fingerprint density at radius 1 is 1.12 bits per heavy atom. The second-order valence-electron chi connectivity index (χ2n) is 5.23. The maximum atomic E-state index is 12.6. The van der Waals surface area contributed by atoms with Gasteiger partial charge in [0, 0.05) is 5.69 Å². The van der Waals surface area contributed by atoms with E-state index in [1.165, 1.54) is 24.1 Å². The van der Waals surface area contributed by atoms with Crippen LogP contribution in [0.15, 0.2) is 66.1 Å². The number of hydrogen-bond donors (Lipinski definition) is 0. The maximum Gasteiger partial charge on any atom is 0.251 e. The van der Waals surface area contributed by atoms with Crippen LogP contribution in [-0.4, -0.2) is 27.3 Å². The fraction of sp³-hybridized carbons (Fsp3) is 0.167. The molecule has 2 rings (SSSR count). The van der Waals surface area contributed by atoms with E-state index >= 15 is 0 Å². The van der Waals surface area contributed by atoms with Gasteiger partial charge in [0.25, 0.3) is 5.91 Å². The Labute approximate surface area is 142 Å². The first-order valence-electron chi connectivity index (χ1n) is 7.25. The van der Waals surface area contributed by atoms with Crippen molar-refractivity contribution in [2.75, 3.05) is 17.9 Å². The van der Waals surface area contributed by atoms with Gasteiger partial charge >= 0.3 is 0 Å². The van der Waals surface area contributed by atoms with Gasteiger partial charge in [-0.2, -0.15) is 0 Å². The van der Waals surface area contributed by atoms with Crippen molar-refractivity contribution in [2.24, 2.45) is 0 Å². The van der Waals surface area contributed by atoms with Crippen molar-refractivity contribution in [3.8, 4) is 5.75 Å². The smallest absolute Gasteiger partial charge is 0.251 e. The summed E-state index contributed by atoms with van der Waals surface area (Å²) in [7, 11) is -2.14. The van der Waals surface area contributed by atoms with Crippen LogP contribution in [0.25, 0.3) is 0 Å². The molecular formula is C18H19NO4S. The third-order valence-electron chi connectivity index (χ3n) is 3.50. The molecule has 0 fully saturated rings. The molecule has 0 aromatic heterocycles. The van der Waals surface area contributed by atoms with Crippen molar-refractivity contribution in [3.63, 3.8) is 0 Å². The molecule has 0 aliphatic rings. The summed E-state index contributed by atoms with van der Waals surface area (Å²) >= 11 is 0. The summed E-state index contributed by atoms with van der Waals surface area (Å²) in [5.74, 6) is -0.338. The summed E-state index contributed by atoms with van der Waals surface area (Å²) in [5, 5.41) is 0. The molecule has 0 unspecified atom stereocenters. The number of aryl methyl sites for hydroxylation is 1. The highest BCUT2D eigenvalue weighted by Gasteiger charge is 2.23. The van der Waals surface area contributed by atoms with Crippen LogP contribution in [0.2, 0.25) is 0 Å². The second kappa shape index (κ2) is 7.31. The number of methoxy groups -OCH3 is 1. The van der Waals surface area contributed by atoms with Crippen LogP contribution in [0.1, 0.15) is 5.56 Å². The molecule has 126 valence electrons. The molecule has 0 bridgehead atoms. The zero-order valence-electron chi connectivity index (χ0n) is 13.6. The molecule has 1 amide bonds. The fourth-order valence-corrected chi connectivity index (χ4v) is 3.44. The largest absolute Gasteiger partial charge is 0.497 e. The van der Waals surface area contributed by atoms with Crippen LogP contribution in [0.3, 0.4) is 0 Å². The van der Waals surface area contributed by atoms with Gasteiger partial charge in [0.15, 0.2) is 9.84 Å². The van der Waals surface area contributed by atoms with E-state index in [0.717, 1.165) is 11.6 Å². The van der Waals surface area contributed by atoms with Crippen molar-refractivity contribution in [2.45, 2.75) is 11.8 Å². The molecule has 0 spiro atoms. The Kier molecular flexibility index (Phi) is 5.41. The average molecular weight is 345 g/mol. The van der Waals surface area contributed by atoms with E-state index in [1.54, 1.807) is 36.4 Å². The third kappa shape index (κ3) is 4.02. The number of nitrogens with zero attached hydrogens (tertiary/aromatic N) is 1. The van der Waals surface area contributed by atoms with Gasteiger partial charge in [-0.25, -0.2) is 8.42 Å². The van der Waals surface area contributed by atoms with Crippen LogP contribution < -0.4 is 9.64 Å². The Balaban J connectivity index is 2.36. The average Bonchev–Trinajstić information content (AvgIpc) is 2.59. The SMILES string of the molecule is C=CC(=O)N(CS(=O)(=O)c1ccc(C)cc1)c1ccc(OC)cc1. The normalized spacial score (nSPS) is 10.9. The zero-order valence-corrected chi connectivity index (χ0v) is 14.4. The lowest BCUT2D eigenvalue weighted by atomic mass is 10.2. The second-order valence-corrected chi connectivity index (χ2v) is 7.18. The Morgan fingerprint density at radius 3 is 2.21 bits per heavy atom.